The summed E-state index contributed by atoms with van der Waals surface area (Å²) >= 11 is 5.81. The third kappa shape index (κ3) is 2.25. The first-order valence-corrected chi connectivity index (χ1v) is 5.85. The molecule has 0 saturated carbocycles. The summed E-state index contributed by atoms with van der Waals surface area (Å²) < 4.78 is 14.1. The average Bonchev–Trinajstić information content (AvgIpc) is 2.29. The molecule has 1 heterocycles. The zero-order chi connectivity index (χ0) is 12.6. The van der Waals surface area contributed by atoms with Gasteiger partial charge in [0.1, 0.15) is 5.02 Å². The molecule has 1 aliphatic heterocycles. The molecule has 17 heavy (non-hydrogen) atoms. The quantitative estimate of drug-likeness (QED) is 0.748. The summed E-state index contributed by atoms with van der Waals surface area (Å²) in [5.74, 6) is -0.520. The van der Waals surface area contributed by atoms with Crippen molar-refractivity contribution in [1.82, 2.24) is 4.90 Å². The molecule has 1 aromatic carbocycles. The maximum atomic E-state index is 14.1. The Labute approximate surface area is 105 Å². The van der Waals surface area contributed by atoms with E-state index < -0.39 is 5.82 Å². The van der Waals surface area contributed by atoms with E-state index in [0.29, 0.717) is 11.4 Å². The Morgan fingerprint density at radius 2 is 1.76 bits per heavy atom. The molecule has 94 valence electrons. The summed E-state index contributed by atoms with van der Waals surface area (Å²) in [4.78, 5) is 4.10. The van der Waals surface area contributed by atoms with E-state index >= 15 is 0 Å². The van der Waals surface area contributed by atoms with Crippen LogP contribution in [0, 0.1) is 5.82 Å². The fourth-order valence-electron chi connectivity index (χ4n) is 2.01. The van der Waals surface area contributed by atoms with Crippen molar-refractivity contribution in [2.24, 2.45) is 0 Å². The minimum atomic E-state index is -0.520. The van der Waals surface area contributed by atoms with Gasteiger partial charge in [0.05, 0.1) is 17.1 Å². The van der Waals surface area contributed by atoms with Gasteiger partial charge in [-0.05, 0) is 13.1 Å². The normalized spacial score (nSPS) is 17.5. The van der Waals surface area contributed by atoms with Crippen LogP contribution >= 0.6 is 11.6 Å². The number of nitrogen functional groups attached to an aromatic ring is 2. The lowest BCUT2D eigenvalue weighted by Crippen LogP contribution is -2.45. The van der Waals surface area contributed by atoms with E-state index in [1.807, 2.05) is 11.9 Å². The maximum absolute atomic E-state index is 14.1. The third-order valence-corrected chi connectivity index (χ3v) is 3.44. The smallest absolute Gasteiger partial charge is 0.169 e. The highest BCUT2D eigenvalue weighted by atomic mass is 35.5. The van der Waals surface area contributed by atoms with Gasteiger partial charge < -0.3 is 21.3 Å². The molecule has 0 unspecified atom stereocenters. The van der Waals surface area contributed by atoms with Crippen LogP contribution in [0.2, 0.25) is 5.02 Å². The molecule has 1 fully saturated rings. The molecule has 4 N–H and O–H groups in total. The summed E-state index contributed by atoms with van der Waals surface area (Å²) in [7, 11) is 2.03. The second kappa shape index (κ2) is 4.58. The number of benzene rings is 1. The highest BCUT2D eigenvalue weighted by Gasteiger charge is 2.22. The van der Waals surface area contributed by atoms with Crippen LogP contribution in [0.1, 0.15) is 0 Å². The Morgan fingerprint density at radius 3 is 2.35 bits per heavy atom. The van der Waals surface area contributed by atoms with Gasteiger partial charge >= 0.3 is 0 Å². The van der Waals surface area contributed by atoms with E-state index in [4.69, 9.17) is 23.1 Å². The van der Waals surface area contributed by atoms with Crippen molar-refractivity contribution in [3.63, 3.8) is 0 Å². The highest BCUT2D eigenvalue weighted by molar-refractivity contribution is 6.33. The summed E-state index contributed by atoms with van der Waals surface area (Å²) in [6, 6.07) is 1.51. The number of hydrogen-bond donors (Lipinski definition) is 2. The van der Waals surface area contributed by atoms with Gasteiger partial charge in [-0.2, -0.15) is 0 Å². The highest BCUT2D eigenvalue weighted by Crippen LogP contribution is 2.36. The number of piperazine rings is 1. The Morgan fingerprint density at radius 1 is 1.18 bits per heavy atom. The first-order valence-electron chi connectivity index (χ1n) is 5.47. The standard InChI is InChI=1S/C11H16ClFN4/c1-16-2-4-17(5-3-16)11-8(15)6-7(14)9(12)10(11)13/h6H,2-5,14-15H2,1H3. The van der Waals surface area contributed by atoms with Gasteiger partial charge in [0.2, 0.25) is 0 Å². The summed E-state index contributed by atoms with van der Waals surface area (Å²) in [6.07, 6.45) is 0. The topological polar surface area (TPSA) is 58.5 Å². The monoisotopic (exact) mass is 258 g/mol. The van der Waals surface area contributed by atoms with Crippen LogP contribution in [0.5, 0.6) is 0 Å². The molecular weight excluding hydrogens is 243 g/mol. The van der Waals surface area contributed by atoms with E-state index in [1.54, 1.807) is 0 Å². The van der Waals surface area contributed by atoms with Crippen molar-refractivity contribution in [1.29, 1.82) is 0 Å². The van der Waals surface area contributed by atoms with E-state index in [9.17, 15) is 4.39 Å². The van der Waals surface area contributed by atoms with Crippen LogP contribution in [0.25, 0.3) is 0 Å². The van der Waals surface area contributed by atoms with Gasteiger partial charge in [0, 0.05) is 26.2 Å². The number of likely N-dealkylation sites (N-methyl/N-ethyl adjacent to an activating group) is 1. The molecule has 6 heteroatoms. The van der Waals surface area contributed by atoms with Crippen molar-refractivity contribution < 1.29 is 4.39 Å². The van der Waals surface area contributed by atoms with Gasteiger partial charge in [-0.25, -0.2) is 4.39 Å². The van der Waals surface area contributed by atoms with Crippen LogP contribution < -0.4 is 16.4 Å². The molecule has 0 aromatic heterocycles. The number of hydrogen-bond acceptors (Lipinski definition) is 4. The fraction of sp³-hybridized carbons (Fsp3) is 0.455. The largest absolute Gasteiger partial charge is 0.397 e. The van der Waals surface area contributed by atoms with Crippen molar-refractivity contribution in [3.05, 3.63) is 16.9 Å². The molecule has 0 bridgehead atoms. The molecule has 1 aliphatic rings. The van der Waals surface area contributed by atoms with Crippen molar-refractivity contribution in [2.75, 3.05) is 49.6 Å². The van der Waals surface area contributed by atoms with Crippen LogP contribution in [0.4, 0.5) is 21.5 Å². The number of anilines is 3. The van der Waals surface area contributed by atoms with Gasteiger partial charge in [0.15, 0.2) is 5.82 Å². The predicted molar refractivity (Wildman–Crippen MR) is 69.9 cm³/mol. The molecule has 4 nitrogen and oxygen atoms in total. The minimum Gasteiger partial charge on any atom is -0.397 e. The SMILES string of the molecule is CN1CCN(c2c(N)cc(N)c(Cl)c2F)CC1. The Bertz CT molecular complexity index is 430. The number of rotatable bonds is 1. The number of nitrogens with two attached hydrogens (primary N) is 2. The first-order chi connectivity index (χ1) is 8.00. The number of halogens is 2. The fourth-order valence-corrected chi connectivity index (χ4v) is 2.15. The average molecular weight is 259 g/mol. The number of nitrogens with zero attached hydrogens (tertiary/aromatic N) is 2. The molecule has 0 spiro atoms. The zero-order valence-corrected chi connectivity index (χ0v) is 10.5. The van der Waals surface area contributed by atoms with Gasteiger partial charge in [-0.15, -0.1) is 0 Å². The van der Waals surface area contributed by atoms with Crippen molar-refractivity contribution >= 4 is 28.7 Å². The van der Waals surface area contributed by atoms with Gasteiger partial charge in [-0.3, -0.25) is 0 Å². The van der Waals surface area contributed by atoms with Gasteiger partial charge in [0.25, 0.3) is 0 Å². The lowest BCUT2D eigenvalue weighted by molar-refractivity contribution is 0.312. The second-order valence-corrected chi connectivity index (χ2v) is 4.70. The summed E-state index contributed by atoms with van der Waals surface area (Å²) in [6.45, 7) is 3.22. The maximum Gasteiger partial charge on any atom is 0.169 e. The zero-order valence-electron chi connectivity index (χ0n) is 9.71. The van der Waals surface area contributed by atoms with E-state index in [1.165, 1.54) is 6.07 Å². The Kier molecular flexibility index (Phi) is 3.31. The molecule has 0 aliphatic carbocycles. The van der Waals surface area contributed by atoms with Crippen LogP contribution in [-0.2, 0) is 0 Å². The third-order valence-electron chi connectivity index (χ3n) is 3.06. The van der Waals surface area contributed by atoms with Crippen LogP contribution in [0.15, 0.2) is 6.07 Å². The molecule has 1 aromatic rings. The molecule has 1 saturated heterocycles. The van der Waals surface area contributed by atoms with Crippen LogP contribution in [0.3, 0.4) is 0 Å². The van der Waals surface area contributed by atoms with E-state index in [0.717, 1.165) is 26.2 Å². The lowest BCUT2D eigenvalue weighted by atomic mass is 10.2. The molecule has 0 amide bonds. The first kappa shape index (κ1) is 12.3. The molecule has 0 atom stereocenters. The van der Waals surface area contributed by atoms with E-state index in [2.05, 4.69) is 4.90 Å². The Balaban J connectivity index is 2.35. The van der Waals surface area contributed by atoms with Crippen LogP contribution in [-0.4, -0.2) is 38.1 Å². The second-order valence-electron chi connectivity index (χ2n) is 4.32. The predicted octanol–water partition coefficient (Wildman–Crippen LogP) is 1.40. The van der Waals surface area contributed by atoms with Crippen molar-refractivity contribution in [3.8, 4) is 0 Å². The van der Waals surface area contributed by atoms with E-state index in [-0.39, 0.29) is 10.7 Å². The summed E-state index contributed by atoms with van der Waals surface area (Å²) in [5, 5.41) is -0.0480. The van der Waals surface area contributed by atoms with Gasteiger partial charge in [-0.1, -0.05) is 11.6 Å². The van der Waals surface area contributed by atoms with Crippen molar-refractivity contribution in [2.45, 2.75) is 0 Å². The minimum absolute atomic E-state index is 0.0480. The molecule has 0 radical (unpaired) electrons. The molecule has 2 rings (SSSR count). The summed E-state index contributed by atoms with van der Waals surface area (Å²) in [5.41, 5.74) is 12.3. The molecular formula is C11H16ClFN4. The Hall–Kier alpha value is -1.20. The lowest BCUT2D eigenvalue weighted by Gasteiger charge is -2.35.